The maximum atomic E-state index is 12.7. The Kier molecular flexibility index (Phi) is 4.50. The quantitative estimate of drug-likeness (QED) is 0.319. The van der Waals surface area contributed by atoms with Gasteiger partial charge in [0, 0.05) is 34.4 Å². The van der Waals surface area contributed by atoms with Crippen LogP contribution in [0.15, 0.2) is 70.1 Å². The van der Waals surface area contributed by atoms with Gasteiger partial charge in [0.2, 0.25) is 5.58 Å². The van der Waals surface area contributed by atoms with Crippen LogP contribution in [0.3, 0.4) is 0 Å². The van der Waals surface area contributed by atoms with Crippen molar-refractivity contribution in [2.24, 2.45) is 0 Å². The molecule has 0 unspecified atom stereocenters. The van der Waals surface area contributed by atoms with Gasteiger partial charge in [-0.2, -0.15) is 0 Å². The van der Waals surface area contributed by atoms with E-state index < -0.39 is 5.56 Å². The molecule has 0 aliphatic carbocycles. The lowest BCUT2D eigenvalue weighted by atomic mass is 10.1. The Morgan fingerprint density at radius 1 is 1.12 bits per heavy atom. The molecule has 0 aliphatic heterocycles. The summed E-state index contributed by atoms with van der Waals surface area (Å²) in [6.07, 6.45) is 3.27. The maximum absolute atomic E-state index is 12.7. The lowest BCUT2D eigenvalue weighted by Gasteiger charge is -2.09. The molecule has 0 bridgehead atoms. The summed E-state index contributed by atoms with van der Waals surface area (Å²) < 4.78 is 5.69. The van der Waals surface area contributed by atoms with Crippen LogP contribution in [0.25, 0.3) is 44.5 Å². The minimum Gasteiger partial charge on any atom is -0.449 e. The monoisotopic (exact) mass is 469 g/mol. The molecule has 6 rings (SSSR count). The number of H-pyrrole nitrogens is 2. The molecule has 0 saturated heterocycles. The SMILES string of the molecule is Cc1ccc2oc3c(=O)[nH]c(-c4ccc(NC(=O)c5cnc6[nH]ccc6c5)cc4Cl)nc3c2c1. The van der Waals surface area contributed by atoms with Crippen molar-refractivity contribution < 1.29 is 9.21 Å². The van der Waals surface area contributed by atoms with E-state index in [4.69, 9.17) is 16.0 Å². The number of aromatic amines is 2. The number of nitrogens with zero attached hydrogens (tertiary/aromatic N) is 2. The molecule has 4 aromatic heterocycles. The zero-order valence-electron chi connectivity index (χ0n) is 17.8. The lowest BCUT2D eigenvalue weighted by Crippen LogP contribution is -2.12. The predicted octanol–water partition coefficient (Wildman–Crippen LogP) is 5.43. The molecule has 0 radical (unpaired) electrons. The summed E-state index contributed by atoms with van der Waals surface area (Å²) in [6.45, 7) is 1.96. The number of hydrogen-bond acceptors (Lipinski definition) is 5. The third kappa shape index (κ3) is 3.32. The number of pyridine rings is 1. The molecule has 8 nitrogen and oxygen atoms in total. The Labute approximate surface area is 196 Å². The van der Waals surface area contributed by atoms with Crippen LogP contribution in [-0.2, 0) is 0 Å². The molecule has 34 heavy (non-hydrogen) atoms. The first-order valence-corrected chi connectivity index (χ1v) is 10.8. The summed E-state index contributed by atoms with van der Waals surface area (Å²) >= 11 is 6.52. The molecular weight excluding hydrogens is 454 g/mol. The number of carbonyl (C=O) groups excluding carboxylic acids is 1. The predicted molar refractivity (Wildman–Crippen MR) is 131 cm³/mol. The molecule has 9 heteroatoms. The van der Waals surface area contributed by atoms with Gasteiger partial charge in [0.1, 0.15) is 22.6 Å². The fourth-order valence-corrected chi connectivity index (χ4v) is 4.22. The lowest BCUT2D eigenvalue weighted by molar-refractivity contribution is 0.102. The van der Waals surface area contributed by atoms with Gasteiger partial charge >= 0.3 is 0 Å². The number of aromatic nitrogens is 4. The summed E-state index contributed by atoms with van der Waals surface area (Å²) in [5.74, 6) is -0.000651. The average molecular weight is 470 g/mol. The third-order valence-corrected chi connectivity index (χ3v) is 5.94. The summed E-state index contributed by atoms with van der Waals surface area (Å²) in [5, 5.41) is 4.74. The number of benzene rings is 2. The molecule has 2 aromatic carbocycles. The van der Waals surface area contributed by atoms with Gasteiger partial charge in [-0.25, -0.2) is 9.97 Å². The fraction of sp³-hybridized carbons (Fsp3) is 0.0400. The summed E-state index contributed by atoms with van der Waals surface area (Å²) in [5.41, 5.74) is 4.02. The number of hydrogen-bond donors (Lipinski definition) is 3. The van der Waals surface area contributed by atoms with Gasteiger partial charge in [-0.3, -0.25) is 9.59 Å². The van der Waals surface area contributed by atoms with Crippen LogP contribution in [0.4, 0.5) is 5.69 Å². The van der Waals surface area contributed by atoms with Crippen LogP contribution in [-0.4, -0.2) is 25.8 Å². The highest BCUT2D eigenvalue weighted by Gasteiger charge is 2.16. The first-order chi connectivity index (χ1) is 16.5. The Morgan fingerprint density at radius 3 is 2.85 bits per heavy atom. The minimum atomic E-state index is -0.394. The van der Waals surface area contributed by atoms with Crippen molar-refractivity contribution in [3.05, 3.63) is 87.4 Å². The zero-order chi connectivity index (χ0) is 23.4. The van der Waals surface area contributed by atoms with Crippen molar-refractivity contribution in [2.45, 2.75) is 6.92 Å². The van der Waals surface area contributed by atoms with Crippen molar-refractivity contribution in [1.82, 2.24) is 19.9 Å². The van der Waals surface area contributed by atoms with E-state index in [1.165, 1.54) is 6.20 Å². The van der Waals surface area contributed by atoms with Gasteiger partial charge < -0.3 is 19.7 Å². The van der Waals surface area contributed by atoms with E-state index in [0.717, 1.165) is 16.3 Å². The van der Waals surface area contributed by atoms with E-state index in [1.54, 1.807) is 30.5 Å². The number of anilines is 1. The highest BCUT2D eigenvalue weighted by Crippen LogP contribution is 2.31. The second kappa shape index (κ2) is 7.57. The van der Waals surface area contributed by atoms with Gasteiger partial charge in [-0.1, -0.05) is 23.2 Å². The Balaban J connectivity index is 1.35. The first-order valence-electron chi connectivity index (χ1n) is 10.4. The molecule has 0 spiro atoms. The van der Waals surface area contributed by atoms with E-state index in [9.17, 15) is 9.59 Å². The molecule has 6 aromatic rings. The van der Waals surface area contributed by atoms with Gasteiger partial charge in [-0.15, -0.1) is 0 Å². The van der Waals surface area contributed by atoms with E-state index in [1.807, 2.05) is 31.2 Å². The number of halogens is 1. The van der Waals surface area contributed by atoms with Gasteiger partial charge in [0.25, 0.3) is 11.5 Å². The van der Waals surface area contributed by atoms with Crippen molar-refractivity contribution in [3.63, 3.8) is 0 Å². The molecular formula is C25H16ClN5O3. The van der Waals surface area contributed by atoms with Crippen LogP contribution < -0.4 is 10.9 Å². The molecule has 0 fully saturated rings. The van der Waals surface area contributed by atoms with E-state index in [-0.39, 0.29) is 11.5 Å². The third-order valence-electron chi connectivity index (χ3n) is 5.62. The Hall–Kier alpha value is -4.43. The number of carbonyl (C=O) groups is 1. The van der Waals surface area contributed by atoms with Crippen LogP contribution in [0, 0.1) is 6.92 Å². The van der Waals surface area contributed by atoms with Crippen LogP contribution in [0.5, 0.6) is 0 Å². The van der Waals surface area contributed by atoms with E-state index in [0.29, 0.717) is 44.4 Å². The summed E-state index contributed by atoms with van der Waals surface area (Å²) in [7, 11) is 0. The molecule has 166 valence electrons. The van der Waals surface area contributed by atoms with Gasteiger partial charge in [0.15, 0.2) is 0 Å². The zero-order valence-corrected chi connectivity index (χ0v) is 18.5. The van der Waals surface area contributed by atoms with Crippen molar-refractivity contribution in [3.8, 4) is 11.4 Å². The highest BCUT2D eigenvalue weighted by atomic mass is 35.5. The van der Waals surface area contributed by atoms with Crippen LogP contribution >= 0.6 is 11.6 Å². The molecule has 4 heterocycles. The largest absolute Gasteiger partial charge is 0.449 e. The van der Waals surface area contributed by atoms with E-state index in [2.05, 4.69) is 25.3 Å². The van der Waals surface area contributed by atoms with Gasteiger partial charge in [-0.05, 0) is 49.4 Å². The number of amides is 1. The normalized spacial score (nSPS) is 11.5. The Bertz CT molecular complexity index is 1810. The maximum Gasteiger partial charge on any atom is 0.294 e. The van der Waals surface area contributed by atoms with Crippen molar-refractivity contribution in [1.29, 1.82) is 0 Å². The molecule has 0 atom stereocenters. The second-order valence-corrected chi connectivity index (χ2v) is 8.39. The number of furan rings is 1. The molecule has 0 saturated carbocycles. The molecule has 3 N–H and O–H groups in total. The Morgan fingerprint density at radius 2 is 2.00 bits per heavy atom. The number of aryl methyl sites for hydroxylation is 1. The summed E-state index contributed by atoms with van der Waals surface area (Å²) in [6, 6.07) is 14.3. The first kappa shape index (κ1) is 20.2. The van der Waals surface area contributed by atoms with Crippen molar-refractivity contribution in [2.75, 3.05) is 5.32 Å². The van der Waals surface area contributed by atoms with Gasteiger partial charge in [0.05, 0.1) is 10.6 Å². The van der Waals surface area contributed by atoms with Crippen molar-refractivity contribution >= 4 is 56.3 Å². The number of nitrogens with one attached hydrogen (secondary N) is 3. The smallest absolute Gasteiger partial charge is 0.294 e. The molecule has 1 amide bonds. The summed E-state index contributed by atoms with van der Waals surface area (Å²) in [4.78, 5) is 40.0. The second-order valence-electron chi connectivity index (χ2n) is 7.98. The molecule has 0 aliphatic rings. The minimum absolute atomic E-state index is 0.164. The average Bonchev–Trinajstić information content (AvgIpc) is 3.43. The van der Waals surface area contributed by atoms with Crippen LogP contribution in [0.2, 0.25) is 5.02 Å². The topological polar surface area (TPSA) is 117 Å². The standard InChI is InChI=1S/C25H16ClN5O3/c1-12-2-5-19-17(8-12)20-21(34-19)25(33)31-23(30-20)16-4-3-15(10-18(16)26)29-24(32)14-9-13-6-7-27-22(13)28-11-14/h2-11H,1H3,(H,27,28)(H,29,32)(H,30,31,33). The van der Waals surface area contributed by atoms with Crippen LogP contribution in [0.1, 0.15) is 15.9 Å². The number of rotatable bonds is 3. The number of fused-ring (bicyclic) bond motifs is 4. The van der Waals surface area contributed by atoms with E-state index >= 15 is 0 Å². The fourth-order valence-electron chi connectivity index (χ4n) is 3.95. The highest BCUT2D eigenvalue weighted by molar-refractivity contribution is 6.33.